The summed E-state index contributed by atoms with van der Waals surface area (Å²) in [7, 11) is 0. The second-order valence-corrected chi connectivity index (χ2v) is 6.39. The van der Waals surface area contributed by atoms with Crippen LogP contribution in [0.25, 0.3) is 11.0 Å². The maximum atomic E-state index is 12.2. The molecule has 0 bridgehead atoms. The number of amides is 3. The highest BCUT2D eigenvalue weighted by molar-refractivity contribution is 5.92. The van der Waals surface area contributed by atoms with Crippen LogP contribution < -0.4 is 10.6 Å². The average Bonchev–Trinajstić information content (AvgIpc) is 3.22. The number of anilines is 1. The molecule has 1 saturated heterocycles. The number of imidazole rings is 1. The van der Waals surface area contributed by atoms with E-state index in [0.717, 1.165) is 16.6 Å². The van der Waals surface area contributed by atoms with E-state index in [4.69, 9.17) is 0 Å². The quantitative estimate of drug-likeness (QED) is 0.676. The predicted molar refractivity (Wildman–Crippen MR) is 98.5 cm³/mol. The minimum Gasteiger partial charge on any atom is -0.345 e. The summed E-state index contributed by atoms with van der Waals surface area (Å²) < 4.78 is 0. The Bertz CT molecular complexity index is 937. The first kappa shape index (κ1) is 16.1. The van der Waals surface area contributed by atoms with E-state index < -0.39 is 0 Å². The van der Waals surface area contributed by atoms with E-state index in [1.54, 1.807) is 17.3 Å². The first-order valence-corrected chi connectivity index (χ1v) is 8.50. The van der Waals surface area contributed by atoms with E-state index in [0.29, 0.717) is 25.2 Å². The normalized spacial score (nSPS) is 16.8. The van der Waals surface area contributed by atoms with Crippen molar-refractivity contribution in [2.45, 2.75) is 19.0 Å². The highest BCUT2D eigenvalue weighted by atomic mass is 16.2. The predicted octanol–water partition coefficient (Wildman–Crippen LogP) is 2.49. The van der Waals surface area contributed by atoms with Gasteiger partial charge in [0.2, 0.25) is 5.91 Å². The van der Waals surface area contributed by atoms with E-state index in [2.05, 4.69) is 20.6 Å². The number of aromatic amines is 1. The molecular formula is C19H19N5O2. The lowest BCUT2D eigenvalue weighted by atomic mass is 10.2. The smallest absolute Gasteiger partial charge is 0.319 e. The number of fused-ring (bicyclic) bond motifs is 1. The molecule has 1 aromatic heterocycles. The molecule has 1 atom stereocenters. The van der Waals surface area contributed by atoms with Crippen LogP contribution in [0.2, 0.25) is 0 Å². The number of nitrogens with one attached hydrogen (secondary N) is 3. The number of benzene rings is 2. The molecule has 0 saturated carbocycles. The molecule has 1 fully saturated rings. The lowest BCUT2D eigenvalue weighted by Crippen LogP contribution is -2.39. The number of nitrogens with zero attached hydrogens (tertiary/aromatic N) is 2. The van der Waals surface area contributed by atoms with E-state index in [1.165, 1.54) is 0 Å². The second kappa shape index (κ2) is 6.87. The van der Waals surface area contributed by atoms with Crippen molar-refractivity contribution in [3.8, 4) is 0 Å². The van der Waals surface area contributed by atoms with Crippen LogP contribution in [-0.4, -0.2) is 39.4 Å². The van der Waals surface area contributed by atoms with Crippen LogP contribution in [0.5, 0.6) is 0 Å². The number of likely N-dealkylation sites (tertiary alicyclic amines) is 1. The van der Waals surface area contributed by atoms with Gasteiger partial charge in [0, 0.05) is 25.2 Å². The van der Waals surface area contributed by atoms with Gasteiger partial charge in [-0.1, -0.05) is 30.3 Å². The van der Waals surface area contributed by atoms with Crippen molar-refractivity contribution in [1.82, 2.24) is 20.2 Å². The van der Waals surface area contributed by atoms with Crippen LogP contribution in [0.3, 0.4) is 0 Å². The van der Waals surface area contributed by atoms with Gasteiger partial charge in [0.15, 0.2) is 0 Å². The lowest BCUT2D eigenvalue weighted by Gasteiger charge is -2.17. The Morgan fingerprint density at radius 2 is 2.08 bits per heavy atom. The zero-order valence-electron chi connectivity index (χ0n) is 14.1. The molecule has 132 valence electrons. The third-order valence-corrected chi connectivity index (χ3v) is 4.44. The molecule has 1 unspecified atom stereocenters. The standard InChI is InChI=1S/C19H19N5O2/c25-18-9-15(11-24(18)10-13-4-2-1-3-5-13)23-19(26)22-14-6-7-16-17(8-14)21-12-20-16/h1-8,12,15H,9-11H2,(H,20,21)(H2,22,23,26). The van der Waals surface area contributed by atoms with Crippen LogP contribution in [0.4, 0.5) is 10.5 Å². The van der Waals surface area contributed by atoms with Crippen LogP contribution in [-0.2, 0) is 11.3 Å². The van der Waals surface area contributed by atoms with Crippen LogP contribution in [0.1, 0.15) is 12.0 Å². The van der Waals surface area contributed by atoms with Crippen molar-refractivity contribution in [1.29, 1.82) is 0 Å². The molecule has 1 aliphatic heterocycles. The van der Waals surface area contributed by atoms with Gasteiger partial charge in [0.1, 0.15) is 0 Å². The van der Waals surface area contributed by atoms with Gasteiger partial charge < -0.3 is 20.5 Å². The number of H-pyrrole nitrogens is 1. The zero-order valence-corrected chi connectivity index (χ0v) is 14.1. The third kappa shape index (κ3) is 3.51. The fourth-order valence-corrected chi connectivity index (χ4v) is 3.19. The lowest BCUT2D eigenvalue weighted by molar-refractivity contribution is -0.128. The molecule has 4 rings (SSSR count). The number of rotatable bonds is 4. The molecule has 2 heterocycles. The van der Waals surface area contributed by atoms with Crippen LogP contribution in [0, 0.1) is 0 Å². The molecule has 7 heteroatoms. The van der Waals surface area contributed by atoms with E-state index in [-0.39, 0.29) is 18.0 Å². The summed E-state index contributed by atoms with van der Waals surface area (Å²) in [5.41, 5.74) is 3.45. The summed E-state index contributed by atoms with van der Waals surface area (Å²) in [6.45, 7) is 1.08. The summed E-state index contributed by atoms with van der Waals surface area (Å²) in [5.74, 6) is 0.0537. The molecule has 1 aliphatic rings. The number of aromatic nitrogens is 2. The molecule has 7 nitrogen and oxygen atoms in total. The molecule has 3 N–H and O–H groups in total. The highest BCUT2D eigenvalue weighted by Gasteiger charge is 2.30. The first-order chi connectivity index (χ1) is 12.7. The molecule has 0 spiro atoms. The summed E-state index contributed by atoms with van der Waals surface area (Å²) in [6.07, 6.45) is 1.93. The maximum Gasteiger partial charge on any atom is 0.319 e. The molecule has 2 aromatic carbocycles. The van der Waals surface area contributed by atoms with Gasteiger partial charge in [-0.05, 0) is 23.8 Å². The van der Waals surface area contributed by atoms with Gasteiger partial charge in [-0.3, -0.25) is 4.79 Å². The number of carbonyl (C=O) groups excluding carboxylic acids is 2. The Balaban J connectivity index is 1.33. The zero-order chi connectivity index (χ0) is 17.9. The van der Waals surface area contributed by atoms with Gasteiger partial charge in [0.25, 0.3) is 0 Å². The molecular weight excluding hydrogens is 330 g/mol. The average molecular weight is 349 g/mol. The summed E-state index contributed by atoms with van der Waals surface area (Å²) in [6, 6.07) is 14.8. The van der Waals surface area contributed by atoms with Crippen LogP contribution in [0.15, 0.2) is 54.9 Å². The van der Waals surface area contributed by atoms with Gasteiger partial charge >= 0.3 is 6.03 Å². The molecule has 3 aromatic rings. The van der Waals surface area contributed by atoms with Gasteiger partial charge in [0.05, 0.1) is 23.4 Å². The Hall–Kier alpha value is -3.35. The highest BCUT2D eigenvalue weighted by Crippen LogP contribution is 2.17. The summed E-state index contributed by atoms with van der Waals surface area (Å²) in [5, 5.41) is 5.68. The van der Waals surface area contributed by atoms with Gasteiger partial charge in [-0.15, -0.1) is 0 Å². The third-order valence-electron chi connectivity index (χ3n) is 4.44. The van der Waals surface area contributed by atoms with E-state index in [9.17, 15) is 9.59 Å². The van der Waals surface area contributed by atoms with Crippen molar-refractivity contribution < 1.29 is 9.59 Å². The monoisotopic (exact) mass is 349 g/mol. The van der Waals surface area contributed by atoms with Crippen molar-refractivity contribution >= 4 is 28.7 Å². The molecule has 26 heavy (non-hydrogen) atoms. The molecule has 0 aliphatic carbocycles. The van der Waals surface area contributed by atoms with E-state index in [1.807, 2.05) is 42.5 Å². The molecule has 3 amide bonds. The fraction of sp³-hybridized carbons (Fsp3) is 0.211. The molecule has 0 radical (unpaired) electrons. The minimum absolute atomic E-state index is 0.0537. The Morgan fingerprint density at radius 3 is 2.92 bits per heavy atom. The van der Waals surface area contributed by atoms with E-state index >= 15 is 0 Å². The maximum absolute atomic E-state index is 12.2. The number of carbonyl (C=O) groups is 2. The van der Waals surface area contributed by atoms with Crippen molar-refractivity contribution in [3.05, 3.63) is 60.4 Å². The topological polar surface area (TPSA) is 90.1 Å². The Labute approximate surface area is 150 Å². The van der Waals surface area contributed by atoms with Crippen molar-refractivity contribution in [3.63, 3.8) is 0 Å². The van der Waals surface area contributed by atoms with Crippen molar-refractivity contribution in [2.24, 2.45) is 0 Å². The first-order valence-electron chi connectivity index (χ1n) is 8.50. The Kier molecular flexibility index (Phi) is 4.27. The minimum atomic E-state index is -0.316. The van der Waals surface area contributed by atoms with Gasteiger partial charge in [-0.2, -0.15) is 0 Å². The van der Waals surface area contributed by atoms with Crippen LogP contribution >= 0.6 is 0 Å². The summed E-state index contributed by atoms with van der Waals surface area (Å²) >= 11 is 0. The largest absolute Gasteiger partial charge is 0.345 e. The second-order valence-electron chi connectivity index (χ2n) is 6.39. The SMILES string of the molecule is O=C(Nc1ccc2nc[nH]c2c1)NC1CC(=O)N(Cc2ccccc2)C1. The van der Waals surface area contributed by atoms with Crippen molar-refractivity contribution in [2.75, 3.05) is 11.9 Å². The van der Waals surface area contributed by atoms with Gasteiger partial charge in [-0.25, -0.2) is 9.78 Å². The number of hydrogen-bond acceptors (Lipinski definition) is 3. The summed E-state index contributed by atoms with van der Waals surface area (Å²) in [4.78, 5) is 33.4. The number of urea groups is 1. The number of hydrogen-bond donors (Lipinski definition) is 3. The Morgan fingerprint density at radius 1 is 1.23 bits per heavy atom. The fourth-order valence-electron chi connectivity index (χ4n) is 3.19.